The van der Waals surface area contributed by atoms with Gasteiger partial charge >= 0.3 is 18.2 Å². The SMILES string of the molecule is CC(C)(C)OC(=O)N[C@@H]1C[C@@H](F)CN(c2ccn3ncc(C(=O)N/C(=C/N=CC4CCC(C(=O)O)CC4)C(=N)C(F)(F)F)c3n2)C1. The predicted molar refractivity (Wildman–Crippen MR) is 159 cm³/mol. The molecule has 2 atom stereocenters. The molecular weight excluding hydrogens is 616 g/mol. The summed E-state index contributed by atoms with van der Waals surface area (Å²) in [7, 11) is 0. The fourth-order valence-electron chi connectivity index (χ4n) is 5.26. The number of aliphatic imine (C=N–C) groups is 1. The maximum Gasteiger partial charge on any atom is 0.434 e. The van der Waals surface area contributed by atoms with Crippen LogP contribution in [0.15, 0.2) is 35.3 Å². The second kappa shape index (κ2) is 13.8. The number of hydrogen-bond acceptors (Lipinski definition) is 9. The van der Waals surface area contributed by atoms with Crippen LogP contribution < -0.4 is 15.5 Å². The van der Waals surface area contributed by atoms with Crippen molar-refractivity contribution in [2.75, 3.05) is 18.0 Å². The van der Waals surface area contributed by atoms with Gasteiger partial charge in [-0.3, -0.25) is 20.0 Å². The highest BCUT2D eigenvalue weighted by Gasteiger charge is 2.38. The third kappa shape index (κ3) is 9.00. The summed E-state index contributed by atoms with van der Waals surface area (Å²) in [6.07, 6.45) is -0.619. The van der Waals surface area contributed by atoms with E-state index >= 15 is 0 Å². The molecule has 0 spiro atoms. The summed E-state index contributed by atoms with van der Waals surface area (Å²) < 4.78 is 61.7. The molecule has 0 bridgehead atoms. The predicted octanol–water partition coefficient (Wildman–Crippen LogP) is 4.29. The van der Waals surface area contributed by atoms with Crippen molar-refractivity contribution in [3.8, 4) is 0 Å². The highest BCUT2D eigenvalue weighted by Crippen LogP contribution is 2.28. The van der Waals surface area contributed by atoms with Crippen LogP contribution in [-0.4, -0.2) is 86.7 Å². The zero-order valence-electron chi connectivity index (χ0n) is 25.5. The van der Waals surface area contributed by atoms with Crippen LogP contribution >= 0.6 is 0 Å². The maximum atomic E-state index is 14.7. The summed E-state index contributed by atoms with van der Waals surface area (Å²) in [6.45, 7) is 5.21. The zero-order chi connectivity index (χ0) is 33.8. The smallest absolute Gasteiger partial charge is 0.434 e. The lowest BCUT2D eigenvalue weighted by molar-refractivity contribution is -0.142. The lowest BCUT2D eigenvalue weighted by Crippen LogP contribution is -2.52. The monoisotopic (exact) mass is 652 g/mol. The summed E-state index contributed by atoms with van der Waals surface area (Å²) >= 11 is 0. The largest absolute Gasteiger partial charge is 0.481 e. The van der Waals surface area contributed by atoms with Gasteiger partial charge in [0.05, 0.1) is 36.6 Å². The van der Waals surface area contributed by atoms with Gasteiger partial charge in [0.15, 0.2) is 11.4 Å². The van der Waals surface area contributed by atoms with Crippen molar-refractivity contribution in [2.45, 2.75) is 76.9 Å². The van der Waals surface area contributed by atoms with Gasteiger partial charge in [-0.2, -0.15) is 18.3 Å². The van der Waals surface area contributed by atoms with E-state index in [0.29, 0.717) is 25.7 Å². The number of hydrogen-bond donors (Lipinski definition) is 4. The van der Waals surface area contributed by atoms with Crippen LogP contribution in [0.1, 0.15) is 63.2 Å². The zero-order valence-corrected chi connectivity index (χ0v) is 25.5. The molecule has 2 amide bonds. The highest BCUT2D eigenvalue weighted by atomic mass is 19.4. The second-order valence-corrected chi connectivity index (χ2v) is 12.3. The first-order chi connectivity index (χ1) is 21.5. The first-order valence-electron chi connectivity index (χ1n) is 14.7. The summed E-state index contributed by atoms with van der Waals surface area (Å²) in [4.78, 5) is 46.5. The van der Waals surface area contributed by atoms with Crippen LogP contribution in [0.5, 0.6) is 0 Å². The fraction of sp³-hybridized carbons (Fsp3) is 0.552. The molecule has 4 N–H and O–H groups in total. The topological polar surface area (TPSA) is 174 Å². The average Bonchev–Trinajstić information content (AvgIpc) is 3.38. The molecule has 2 aromatic heterocycles. The van der Waals surface area contributed by atoms with Gasteiger partial charge in [0.1, 0.15) is 23.2 Å². The Kier molecular flexibility index (Phi) is 10.3. The van der Waals surface area contributed by atoms with Crippen LogP contribution in [0, 0.1) is 17.2 Å². The number of alkyl carbamates (subject to hydrolysis) is 1. The second-order valence-electron chi connectivity index (χ2n) is 12.3. The van der Waals surface area contributed by atoms with Gasteiger partial charge in [-0.05, 0) is 58.4 Å². The Morgan fingerprint density at radius 1 is 1.15 bits per heavy atom. The lowest BCUT2D eigenvalue weighted by atomic mass is 9.83. The van der Waals surface area contributed by atoms with Gasteiger partial charge < -0.3 is 25.4 Å². The molecule has 1 aliphatic heterocycles. The minimum Gasteiger partial charge on any atom is -0.481 e. The van der Waals surface area contributed by atoms with Gasteiger partial charge in [-0.15, -0.1) is 0 Å². The van der Waals surface area contributed by atoms with Crippen molar-refractivity contribution in [1.82, 2.24) is 25.2 Å². The lowest BCUT2D eigenvalue weighted by Gasteiger charge is -2.36. The highest BCUT2D eigenvalue weighted by molar-refractivity contribution is 6.08. The number of alkyl halides is 4. The van der Waals surface area contributed by atoms with E-state index in [2.05, 4.69) is 25.7 Å². The third-order valence-corrected chi connectivity index (χ3v) is 7.47. The van der Waals surface area contributed by atoms with Crippen LogP contribution in [-0.2, 0) is 9.53 Å². The van der Waals surface area contributed by atoms with Crippen LogP contribution in [0.3, 0.4) is 0 Å². The number of piperidine rings is 1. The molecule has 13 nitrogen and oxygen atoms in total. The molecule has 2 aromatic rings. The Morgan fingerprint density at radius 3 is 2.48 bits per heavy atom. The number of carbonyl (C=O) groups is 3. The normalized spacial score (nSPS) is 22.9. The Labute approximate surface area is 261 Å². The number of amides is 2. The Bertz CT molecular complexity index is 1530. The van der Waals surface area contributed by atoms with Crippen LogP contribution in [0.4, 0.5) is 28.2 Å². The quantitative estimate of drug-likeness (QED) is 0.241. The number of carboxylic acids is 1. The molecule has 17 heteroatoms. The molecule has 0 aromatic carbocycles. The van der Waals surface area contributed by atoms with E-state index in [9.17, 15) is 31.9 Å². The van der Waals surface area contributed by atoms with Crippen LogP contribution in [0.25, 0.3) is 5.65 Å². The van der Waals surface area contributed by atoms with Crippen LogP contribution in [0.2, 0.25) is 0 Å². The van der Waals surface area contributed by atoms with Crippen molar-refractivity contribution < 1.29 is 41.8 Å². The van der Waals surface area contributed by atoms with Crippen molar-refractivity contribution >= 4 is 41.4 Å². The molecule has 46 heavy (non-hydrogen) atoms. The minimum absolute atomic E-state index is 0.0378. The molecule has 0 radical (unpaired) electrons. The van der Waals surface area contributed by atoms with E-state index in [-0.39, 0.29) is 42.5 Å². The van der Waals surface area contributed by atoms with E-state index < -0.39 is 59.3 Å². The maximum absolute atomic E-state index is 14.7. The van der Waals surface area contributed by atoms with E-state index in [0.717, 1.165) is 12.4 Å². The number of fused-ring (bicyclic) bond motifs is 1. The van der Waals surface area contributed by atoms with E-state index in [1.54, 1.807) is 25.7 Å². The number of aromatic nitrogens is 3. The first-order valence-corrected chi connectivity index (χ1v) is 14.7. The molecule has 1 aliphatic carbocycles. The van der Waals surface area contributed by atoms with Gasteiger partial charge in [0.25, 0.3) is 5.91 Å². The molecule has 4 rings (SSSR count). The number of ether oxygens (including phenoxy) is 1. The summed E-state index contributed by atoms with van der Waals surface area (Å²) in [5, 5.41) is 25.5. The molecular formula is C29H36F4N8O5. The summed E-state index contributed by atoms with van der Waals surface area (Å²) in [5.41, 5.74) is -3.73. The molecule has 250 valence electrons. The minimum atomic E-state index is -5.10. The van der Waals surface area contributed by atoms with E-state index in [1.165, 1.54) is 23.0 Å². The molecule has 1 saturated heterocycles. The molecule has 0 unspecified atom stereocenters. The number of allylic oxidation sites excluding steroid dienone is 1. The van der Waals surface area contributed by atoms with Gasteiger partial charge in [-0.1, -0.05) is 0 Å². The number of carboxylic acid groups (broad SMARTS) is 1. The Morgan fingerprint density at radius 2 is 1.85 bits per heavy atom. The van der Waals surface area contributed by atoms with E-state index in [4.69, 9.17) is 15.3 Å². The molecule has 2 aliphatic rings. The van der Waals surface area contributed by atoms with Crippen molar-refractivity contribution in [3.63, 3.8) is 0 Å². The average molecular weight is 653 g/mol. The number of aliphatic carboxylic acids is 1. The van der Waals surface area contributed by atoms with Gasteiger partial charge in [0, 0.05) is 25.4 Å². The summed E-state index contributed by atoms with van der Waals surface area (Å²) in [6, 6.07) is 0.909. The fourth-order valence-corrected chi connectivity index (χ4v) is 5.26. The number of anilines is 1. The Hall–Kier alpha value is -4.57. The molecule has 1 saturated carbocycles. The van der Waals surface area contributed by atoms with Gasteiger partial charge in [-0.25, -0.2) is 18.7 Å². The number of nitrogens with zero attached hydrogens (tertiary/aromatic N) is 5. The van der Waals surface area contributed by atoms with Gasteiger partial charge in [0.2, 0.25) is 0 Å². The van der Waals surface area contributed by atoms with Crippen molar-refractivity contribution in [3.05, 3.63) is 35.9 Å². The standard InChI is InChI=1S/C29H36F4N8O5/c1-28(2,3)46-27(45)37-19-10-18(30)14-40(15-19)22-8-9-41-24(39-22)20(12-36-41)25(42)38-21(23(34)29(31,32)33)13-35-11-16-4-6-17(7-5-16)26(43)44/h8-9,11-13,16-19,34H,4-7,10,14-15H2,1-3H3,(H,37,45)(H,38,42)(H,43,44)/b21-13+,34-23?,35-11?/t16?,17?,18-,19-/m1/s1. The van der Waals surface area contributed by atoms with Crippen molar-refractivity contribution in [1.29, 1.82) is 5.41 Å². The molecule has 3 heterocycles. The Balaban J connectivity index is 1.51. The molecule has 2 fully saturated rings. The third-order valence-electron chi connectivity index (χ3n) is 7.47. The number of nitrogens with one attached hydrogen (secondary N) is 3. The first kappa shape index (κ1) is 34.3. The number of rotatable bonds is 8. The van der Waals surface area contributed by atoms with E-state index in [1.807, 2.05) is 0 Å². The summed E-state index contributed by atoms with van der Waals surface area (Å²) in [5.74, 6) is -2.33. The number of carbonyl (C=O) groups excluding carboxylic acids is 2. The number of halogens is 4. The van der Waals surface area contributed by atoms with Crippen molar-refractivity contribution in [2.24, 2.45) is 16.8 Å².